The largest absolute Gasteiger partial charge is 0.392 e. The number of H-pyrrole nitrogens is 2. The minimum absolute atomic E-state index is 0.0438. The molecular weight excluding hydrogens is 292 g/mol. The van der Waals surface area contributed by atoms with Gasteiger partial charge >= 0.3 is 4.87 Å². The lowest BCUT2D eigenvalue weighted by molar-refractivity contribution is 0.277. The molecule has 0 aliphatic carbocycles. The maximum atomic E-state index is 12.0. The second-order valence-electron chi connectivity index (χ2n) is 3.79. The van der Waals surface area contributed by atoms with Crippen LogP contribution >= 0.6 is 11.3 Å². The van der Waals surface area contributed by atoms with Crippen LogP contribution in [0.15, 0.2) is 15.2 Å². The first-order chi connectivity index (χ1) is 8.94. The number of hydrogen-bond donors (Lipinski definition) is 4. The quantitative estimate of drug-likeness (QED) is 0.588. The summed E-state index contributed by atoms with van der Waals surface area (Å²) in [7, 11) is -3.84. The van der Waals surface area contributed by atoms with Crippen molar-refractivity contribution in [1.29, 1.82) is 0 Å². The van der Waals surface area contributed by atoms with Crippen molar-refractivity contribution >= 4 is 21.4 Å². The molecule has 0 saturated carbocycles. The Morgan fingerprint density at radius 2 is 2.26 bits per heavy atom. The van der Waals surface area contributed by atoms with Gasteiger partial charge in [-0.25, -0.2) is 13.1 Å². The molecule has 2 aromatic rings. The second-order valence-corrected chi connectivity index (χ2v) is 6.31. The fourth-order valence-electron chi connectivity index (χ4n) is 1.48. The summed E-state index contributed by atoms with van der Waals surface area (Å²) >= 11 is 0.955. The molecule has 0 bridgehead atoms. The predicted molar refractivity (Wildman–Crippen MR) is 68.2 cm³/mol. The third kappa shape index (κ3) is 2.92. The molecule has 104 valence electrons. The standard InChI is InChI=1S/C9H12N4O4S2/c1-5-7(3-14)8(13-12-5)19(16,17)10-2-6-4-18-9(15)11-6/h4,10,14H,2-3H2,1H3,(H,11,15)(H,12,13). The maximum absolute atomic E-state index is 12.0. The highest BCUT2D eigenvalue weighted by Gasteiger charge is 2.23. The first-order valence-corrected chi connectivity index (χ1v) is 7.61. The van der Waals surface area contributed by atoms with E-state index in [0.717, 1.165) is 11.3 Å². The molecule has 19 heavy (non-hydrogen) atoms. The van der Waals surface area contributed by atoms with Crippen LogP contribution < -0.4 is 9.60 Å². The number of hydrogen-bond acceptors (Lipinski definition) is 6. The van der Waals surface area contributed by atoms with Crippen LogP contribution in [0.1, 0.15) is 17.0 Å². The molecule has 0 fully saturated rings. The summed E-state index contributed by atoms with van der Waals surface area (Å²) in [6, 6.07) is 0. The van der Waals surface area contributed by atoms with E-state index in [4.69, 9.17) is 5.11 Å². The van der Waals surface area contributed by atoms with Gasteiger partial charge in [0.2, 0.25) is 0 Å². The fourth-order valence-corrected chi connectivity index (χ4v) is 3.25. The first-order valence-electron chi connectivity index (χ1n) is 5.25. The van der Waals surface area contributed by atoms with Crippen molar-refractivity contribution in [1.82, 2.24) is 19.9 Å². The number of aryl methyl sites for hydroxylation is 1. The van der Waals surface area contributed by atoms with Gasteiger partial charge in [-0.3, -0.25) is 9.89 Å². The molecule has 0 aliphatic heterocycles. The lowest BCUT2D eigenvalue weighted by atomic mass is 10.3. The number of aromatic amines is 2. The average molecular weight is 304 g/mol. The zero-order chi connectivity index (χ0) is 14.0. The van der Waals surface area contributed by atoms with Crippen LogP contribution in [0.3, 0.4) is 0 Å². The number of rotatable bonds is 5. The number of thiazole rings is 1. The van der Waals surface area contributed by atoms with Gasteiger partial charge in [0, 0.05) is 22.3 Å². The molecular formula is C9H12N4O4S2. The van der Waals surface area contributed by atoms with E-state index in [1.54, 1.807) is 6.92 Å². The third-order valence-corrected chi connectivity index (χ3v) is 4.56. The molecule has 2 rings (SSSR count). The molecule has 2 heterocycles. The average Bonchev–Trinajstić information content (AvgIpc) is 2.93. The van der Waals surface area contributed by atoms with E-state index in [-0.39, 0.29) is 22.0 Å². The predicted octanol–water partition coefficient (Wildman–Crippen LogP) is -0.561. The van der Waals surface area contributed by atoms with Gasteiger partial charge in [0.15, 0.2) is 5.03 Å². The molecule has 0 amide bonds. The lowest BCUT2D eigenvalue weighted by Crippen LogP contribution is -2.25. The Bertz CT molecular complexity index is 727. The van der Waals surface area contributed by atoms with Crippen molar-refractivity contribution < 1.29 is 13.5 Å². The molecule has 4 N–H and O–H groups in total. The minimum Gasteiger partial charge on any atom is -0.392 e. The van der Waals surface area contributed by atoms with E-state index in [1.165, 1.54) is 5.38 Å². The number of nitrogens with zero attached hydrogens (tertiary/aromatic N) is 1. The van der Waals surface area contributed by atoms with Crippen molar-refractivity contribution in [3.8, 4) is 0 Å². The molecule has 0 atom stereocenters. The van der Waals surface area contributed by atoms with Crippen LogP contribution in [0.2, 0.25) is 0 Å². The van der Waals surface area contributed by atoms with Gasteiger partial charge in [-0.15, -0.1) is 0 Å². The van der Waals surface area contributed by atoms with Gasteiger partial charge in [-0.1, -0.05) is 11.3 Å². The Morgan fingerprint density at radius 1 is 1.53 bits per heavy atom. The molecule has 0 unspecified atom stereocenters. The van der Waals surface area contributed by atoms with Crippen LogP contribution in [0.5, 0.6) is 0 Å². The Balaban J connectivity index is 2.20. The number of aliphatic hydroxyl groups excluding tert-OH is 1. The summed E-state index contributed by atoms with van der Waals surface area (Å²) in [6.07, 6.45) is 0. The maximum Gasteiger partial charge on any atom is 0.304 e. The summed E-state index contributed by atoms with van der Waals surface area (Å²) in [4.78, 5) is 13.2. The van der Waals surface area contributed by atoms with E-state index in [2.05, 4.69) is 19.9 Å². The van der Waals surface area contributed by atoms with E-state index in [1.807, 2.05) is 0 Å². The van der Waals surface area contributed by atoms with Gasteiger partial charge in [-0.05, 0) is 6.92 Å². The van der Waals surface area contributed by atoms with Crippen LogP contribution in [0, 0.1) is 6.92 Å². The molecule has 0 saturated heterocycles. The van der Waals surface area contributed by atoms with Crippen molar-refractivity contribution in [3.63, 3.8) is 0 Å². The van der Waals surface area contributed by atoms with Gasteiger partial charge in [0.05, 0.1) is 13.2 Å². The van der Waals surface area contributed by atoms with Gasteiger partial charge < -0.3 is 10.1 Å². The van der Waals surface area contributed by atoms with Gasteiger partial charge in [0.1, 0.15) is 0 Å². The molecule has 0 radical (unpaired) electrons. The van der Waals surface area contributed by atoms with Crippen molar-refractivity contribution in [2.24, 2.45) is 0 Å². The lowest BCUT2D eigenvalue weighted by Gasteiger charge is -2.04. The Hall–Kier alpha value is -1.49. The third-order valence-electron chi connectivity index (χ3n) is 2.47. The Labute approximate surface area is 112 Å². The summed E-state index contributed by atoms with van der Waals surface area (Å²) in [6.45, 7) is 1.15. The molecule has 8 nitrogen and oxygen atoms in total. The van der Waals surface area contributed by atoms with Gasteiger partial charge in [0.25, 0.3) is 10.0 Å². The summed E-state index contributed by atoms with van der Waals surface area (Å²) in [5.74, 6) is 0. The Kier molecular flexibility index (Phi) is 3.85. The van der Waals surface area contributed by atoms with E-state index >= 15 is 0 Å². The summed E-state index contributed by atoms with van der Waals surface area (Å²) in [5, 5.41) is 16.6. The number of aromatic nitrogens is 3. The van der Waals surface area contributed by atoms with E-state index in [0.29, 0.717) is 11.4 Å². The van der Waals surface area contributed by atoms with Crippen LogP contribution in [0.25, 0.3) is 0 Å². The number of sulfonamides is 1. The molecule has 2 aromatic heterocycles. The Morgan fingerprint density at radius 3 is 2.84 bits per heavy atom. The van der Waals surface area contributed by atoms with Crippen molar-refractivity contribution in [3.05, 3.63) is 32.0 Å². The molecule has 0 spiro atoms. The van der Waals surface area contributed by atoms with E-state index in [9.17, 15) is 13.2 Å². The first kappa shape index (κ1) is 13.9. The van der Waals surface area contributed by atoms with Crippen LogP contribution in [0.4, 0.5) is 0 Å². The summed E-state index contributed by atoms with van der Waals surface area (Å²) in [5.41, 5.74) is 1.19. The van der Waals surface area contributed by atoms with Gasteiger partial charge in [-0.2, -0.15) is 5.10 Å². The number of aliphatic hydroxyl groups is 1. The zero-order valence-corrected chi connectivity index (χ0v) is 11.6. The minimum atomic E-state index is -3.84. The molecule has 0 aliphatic rings. The highest BCUT2D eigenvalue weighted by molar-refractivity contribution is 7.89. The fraction of sp³-hybridized carbons (Fsp3) is 0.333. The molecule has 0 aromatic carbocycles. The zero-order valence-electron chi connectivity index (χ0n) is 9.93. The van der Waals surface area contributed by atoms with Crippen LogP contribution in [-0.4, -0.2) is 28.7 Å². The molecule has 10 heteroatoms. The van der Waals surface area contributed by atoms with Crippen LogP contribution in [-0.2, 0) is 23.2 Å². The number of nitrogens with one attached hydrogen (secondary N) is 3. The van der Waals surface area contributed by atoms with Crippen molar-refractivity contribution in [2.45, 2.75) is 25.1 Å². The smallest absolute Gasteiger partial charge is 0.304 e. The second kappa shape index (κ2) is 5.25. The SMILES string of the molecule is Cc1[nH]nc(S(=O)(=O)NCc2csc(=O)[nH]2)c1CO. The highest BCUT2D eigenvalue weighted by atomic mass is 32.2. The normalized spacial score (nSPS) is 11.9. The monoisotopic (exact) mass is 304 g/mol. The topological polar surface area (TPSA) is 128 Å². The highest BCUT2D eigenvalue weighted by Crippen LogP contribution is 2.16. The summed E-state index contributed by atoms with van der Waals surface area (Å²) < 4.78 is 26.3. The van der Waals surface area contributed by atoms with Crippen molar-refractivity contribution in [2.75, 3.05) is 0 Å². The van der Waals surface area contributed by atoms with E-state index < -0.39 is 16.6 Å².